The molecule has 0 aromatic heterocycles. The van der Waals surface area contributed by atoms with Crippen molar-refractivity contribution in [2.75, 3.05) is 46.0 Å². The first kappa shape index (κ1) is 20.0. The number of ether oxygens (including phenoxy) is 2. The number of hydrogen-bond acceptors (Lipinski definition) is 4. The molecule has 0 atom stereocenters. The normalized spacial score (nSPS) is 15.9. The number of carbonyl (C=O) groups excluding carboxylic acids is 1. The van der Waals surface area contributed by atoms with E-state index < -0.39 is 0 Å². The molecule has 1 heterocycles. The maximum atomic E-state index is 12.3. The lowest BCUT2D eigenvalue weighted by Crippen LogP contribution is -3.14. The van der Waals surface area contributed by atoms with Gasteiger partial charge in [0.05, 0.1) is 36.4 Å². The SMILES string of the molecule is CCOC(=NCCC[NH+]1CCOCC1)NC(=O)c1ccc(Cl)c(Cl)c1. The Balaban J connectivity index is 1.85. The zero-order valence-corrected chi connectivity index (χ0v) is 15.8. The highest BCUT2D eigenvalue weighted by atomic mass is 35.5. The van der Waals surface area contributed by atoms with E-state index in [0.717, 1.165) is 39.3 Å². The molecule has 0 saturated carbocycles. The minimum absolute atomic E-state index is 0.232. The van der Waals surface area contributed by atoms with Crippen LogP contribution in [0.2, 0.25) is 10.0 Å². The molecule has 138 valence electrons. The average molecular weight is 389 g/mol. The summed E-state index contributed by atoms with van der Waals surface area (Å²) in [6, 6.07) is 4.94. The fourth-order valence-electron chi connectivity index (χ4n) is 2.48. The van der Waals surface area contributed by atoms with E-state index in [2.05, 4.69) is 10.3 Å². The molecule has 0 aliphatic carbocycles. The summed E-state index contributed by atoms with van der Waals surface area (Å²) in [7, 11) is 0. The molecular formula is C17H24Cl2N3O3+. The number of carbonyl (C=O) groups is 1. The van der Waals surface area contributed by atoms with Crippen LogP contribution in [0.25, 0.3) is 0 Å². The van der Waals surface area contributed by atoms with Gasteiger partial charge in [-0.1, -0.05) is 23.2 Å². The van der Waals surface area contributed by atoms with Gasteiger partial charge in [0.25, 0.3) is 11.9 Å². The topological polar surface area (TPSA) is 64.4 Å². The van der Waals surface area contributed by atoms with E-state index in [-0.39, 0.29) is 11.9 Å². The Kier molecular flexibility index (Phi) is 8.48. The summed E-state index contributed by atoms with van der Waals surface area (Å²) in [6.07, 6.45) is 0.925. The Labute approximate surface area is 158 Å². The van der Waals surface area contributed by atoms with Gasteiger partial charge in [-0.25, -0.2) is 4.99 Å². The van der Waals surface area contributed by atoms with Crippen molar-refractivity contribution in [3.05, 3.63) is 33.8 Å². The van der Waals surface area contributed by atoms with Gasteiger partial charge in [-0.3, -0.25) is 10.1 Å². The van der Waals surface area contributed by atoms with E-state index in [4.69, 9.17) is 32.7 Å². The molecule has 0 unspecified atom stereocenters. The third-order valence-corrected chi connectivity index (χ3v) is 4.57. The molecule has 8 heteroatoms. The van der Waals surface area contributed by atoms with Crippen LogP contribution in [0, 0.1) is 0 Å². The van der Waals surface area contributed by atoms with Crippen molar-refractivity contribution in [3.63, 3.8) is 0 Å². The molecule has 1 aromatic rings. The van der Waals surface area contributed by atoms with E-state index in [1.54, 1.807) is 12.1 Å². The molecule has 1 aliphatic rings. The van der Waals surface area contributed by atoms with Gasteiger partial charge in [0.1, 0.15) is 13.1 Å². The van der Waals surface area contributed by atoms with Crippen molar-refractivity contribution in [1.29, 1.82) is 0 Å². The van der Waals surface area contributed by atoms with E-state index in [0.29, 0.717) is 28.8 Å². The number of nitrogens with zero attached hydrogens (tertiary/aromatic N) is 1. The fourth-order valence-corrected chi connectivity index (χ4v) is 2.78. The monoisotopic (exact) mass is 388 g/mol. The third kappa shape index (κ3) is 6.82. The second-order valence-electron chi connectivity index (χ2n) is 5.67. The summed E-state index contributed by atoms with van der Waals surface area (Å²) in [5.41, 5.74) is 0.402. The molecule has 0 bridgehead atoms. The smallest absolute Gasteiger partial charge is 0.291 e. The highest BCUT2D eigenvalue weighted by Crippen LogP contribution is 2.22. The lowest BCUT2D eigenvalue weighted by molar-refractivity contribution is -0.908. The molecule has 2 rings (SSSR count). The molecule has 1 aliphatic heterocycles. The Morgan fingerprint density at radius 3 is 2.76 bits per heavy atom. The lowest BCUT2D eigenvalue weighted by Gasteiger charge is -2.23. The average Bonchev–Trinajstić information content (AvgIpc) is 2.62. The summed E-state index contributed by atoms with van der Waals surface area (Å²) in [4.78, 5) is 18.2. The predicted octanol–water partition coefficient (Wildman–Crippen LogP) is 1.42. The van der Waals surface area contributed by atoms with Crippen LogP contribution in [-0.4, -0.2) is 57.9 Å². The summed E-state index contributed by atoms with van der Waals surface area (Å²) in [5, 5.41) is 3.42. The maximum absolute atomic E-state index is 12.3. The number of quaternary nitrogens is 1. The zero-order chi connectivity index (χ0) is 18.1. The second-order valence-corrected chi connectivity index (χ2v) is 6.48. The van der Waals surface area contributed by atoms with Crippen LogP contribution in [-0.2, 0) is 9.47 Å². The first-order chi connectivity index (χ1) is 12.1. The van der Waals surface area contributed by atoms with Gasteiger partial charge in [0, 0.05) is 18.5 Å². The van der Waals surface area contributed by atoms with Gasteiger partial charge in [0.15, 0.2) is 0 Å². The van der Waals surface area contributed by atoms with Crippen molar-refractivity contribution in [2.45, 2.75) is 13.3 Å². The second kappa shape index (κ2) is 10.6. The predicted molar refractivity (Wildman–Crippen MR) is 98.9 cm³/mol. The minimum Gasteiger partial charge on any atom is -0.465 e. The van der Waals surface area contributed by atoms with Crippen LogP contribution >= 0.6 is 23.2 Å². The summed E-state index contributed by atoms with van der Waals surface area (Å²) in [6.45, 7) is 7.62. The number of halogens is 2. The molecule has 0 radical (unpaired) electrons. The van der Waals surface area contributed by atoms with Crippen LogP contribution in [0.3, 0.4) is 0 Å². The molecule has 25 heavy (non-hydrogen) atoms. The largest absolute Gasteiger partial charge is 0.465 e. The standard InChI is InChI=1S/C17H23Cl2N3O3/c1-2-25-17(20-6-3-7-22-8-10-24-11-9-22)21-16(23)13-4-5-14(18)15(19)12-13/h4-5,12H,2-3,6-11H2,1H3,(H,20,21,23)/p+1. The van der Waals surface area contributed by atoms with Gasteiger partial charge < -0.3 is 14.4 Å². The van der Waals surface area contributed by atoms with Crippen LogP contribution in [0.4, 0.5) is 0 Å². The van der Waals surface area contributed by atoms with Crippen molar-refractivity contribution in [3.8, 4) is 0 Å². The molecule has 6 nitrogen and oxygen atoms in total. The number of amidine groups is 1. The molecule has 1 saturated heterocycles. The Morgan fingerprint density at radius 2 is 2.08 bits per heavy atom. The Morgan fingerprint density at radius 1 is 1.32 bits per heavy atom. The van der Waals surface area contributed by atoms with Crippen LogP contribution in [0.15, 0.2) is 23.2 Å². The number of rotatable bonds is 6. The van der Waals surface area contributed by atoms with Crippen LogP contribution < -0.4 is 10.2 Å². The molecular weight excluding hydrogens is 365 g/mol. The number of aliphatic imine (C=N–C) groups is 1. The van der Waals surface area contributed by atoms with E-state index in [1.165, 1.54) is 11.0 Å². The lowest BCUT2D eigenvalue weighted by atomic mass is 10.2. The van der Waals surface area contributed by atoms with Crippen molar-refractivity contribution < 1.29 is 19.2 Å². The van der Waals surface area contributed by atoms with Crippen molar-refractivity contribution in [2.24, 2.45) is 4.99 Å². The Bertz CT molecular complexity index is 605. The van der Waals surface area contributed by atoms with Crippen LogP contribution in [0.5, 0.6) is 0 Å². The maximum Gasteiger partial charge on any atom is 0.291 e. The molecule has 2 N–H and O–H groups in total. The van der Waals surface area contributed by atoms with Crippen LogP contribution in [0.1, 0.15) is 23.7 Å². The summed E-state index contributed by atoms with van der Waals surface area (Å²) < 4.78 is 10.8. The Hall–Kier alpha value is -1.34. The van der Waals surface area contributed by atoms with Gasteiger partial charge in [-0.15, -0.1) is 0 Å². The zero-order valence-electron chi connectivity index (χ0n) is 14.3. The molecule has 1 aromatic carbocycles. The number of benzene rings is 1. The van der Waals surface area contributed by atoms with E-state index >= 15 is 0 Å². The molecule has 0 spiro atoms. The minimum atomic E-state index is -0.329. The first-order valence-electron chi connectivity index (χ1n) is 8.45. The third-order valence-electron chi connectivity index (χ3n) is 3.83. The quantitative estimate of drug-likeness (QED) is 0.440. The number of morpholine rings is 1. The van der Waals surface area contributed by atoms with Crippen molar-refractivity contribution in [1.82, 2.24) is 5.32 Å². The van der Waals surface area contributed by atoms with Gasteiger partial charge >= 0.3 is 0 Å². The summed E-state index contributed by atoms with van der Waals surface area (Å²) in [5.74, 6) is -0.329. The molecule has 1 amide bonds. The molecule has 1 fully saturated rings. The number of hydrogen-bond donors (Lipinski definition) is 2. The van der Waals surface area contributed by atoms with Gasteiger partial charge in [-0.2, -0.15) is 0 Å². The number of nitrogens with one attached hydrogen (secondary N) is 2. The van der Waals surface area contributed by atoms with E-state index in [1.807, 2.05) is 6.92 Å². The summed E-state index contributed by atoms with van der Waals surface area (Å²) >= 11 is 11.8. The fraction of sp³-hybridized carbons (Fsp3) is 0.529. The highest BCUT2D eigenvalue weighted by Gasteiger charge is 2.14. The van der Waals surface area contributed by atoms with E-state index in [9.17, 15) is 4.79 Å². The van der Waals surface area contributed by atoms with Gasteiger partial charge in [0.2, 0.25) is 0 Å². The number of amides is 1. The van der Waals surface area contributed by atoms with Crippen molar-refractivity contribution >= 4 is 35.1 Å². The van der Waals surface area contributed by atoms with Gasteiger partial charge in [-0.05, 0) is 25.1 Å². The first-order valence-corrected chi connectivity index (χ1v) is 9.20. The highest BCUT2D eigenvalue weighted by molar-refractivity contribution is 6.42.